The zero-order valence-electron chi connectivity index (χ0n) is 17.0. The normalized spacial score (nSPS) is 18.9. The van der Waals surface area contributed by atoms with Gasteiger partial charge in [0.2, 0.25) is 0 Å². The Morgan fingerprint density at radius 2 is 1.86 bits per heavy atom. The van der Waals surface area contributed by atoms with Gasteiger partial charge < -0.3 is 14.4 Å². The first-order valence-electron chi connectivity index (χ1n) is 10.00. The van der Waals surface area contributed by atoms with Crippen molar-refractivity contribution in [2.24, 2.45) is 5.92 Å². The lowest BCUT2D eigenvalue weighted by atomic mass is 9.99. The second kappa shape index (κ2) is 7.45. The molecular weight excluding hydrogens is 356 g/mol. The number of carbonyl (C=O) groups excluding carboxylic acids is 1. The van der Waals surface area contributed by atoms with Crippen molar-refractivity contribution in [2.75, 3.05) is 20.8 Å². The highest BCUT2D eigenvalue weighted by molar-refractivity contribution is 6.00. The number of hydrogen-bond donors (Lipinski definition) is 0. The number of fused-ring (bicyclic) bond motifs is 1. The van der Waals surface area contributed by atoms with E-state index in [4.69, 9.17) is 19.6 Å². The zero-order chi connectivity index (χ0) is 19.8. The van der Waals surface area contributed by atoms with Gasteiger partial charge >= 0.3 is 0 Å². The molecule has 1 amide bonds. The summed E-state index contributed by atoms with van der Waals surface area (Å²) in [6.45, 7) is 5.59. The summed E-state index contributed by atoms with van der Waals surface area (Å²) in [6.07, 6.45) is 3.17. The third-order valence-corrected chi connectivity index (χ3v) is 5.48. The van der Waals surface area contributed by atoms with Crippen LogP contribution in [0.25, 0.3) is 0 Å². The molecule has 7 heteroatoms. The van der Waals surface area contributed by atoms with Gasteiger partial charge in [0.1, 0.15) is 22.9 Å². The van der Waals surface area contributed by atoms with Crippen LogP contribution in [0, 0.1) is 5.92 Å². The van der Waals surface area contributed by atoms with E-state index in [2.05, 4.69) is 13.8 Å². The van der Waals surface area contributed by atoms with Crippen LogP contribution in [0.2, 0.25) is 0 Å². The molecule has 4 rings (SSSR count). The van der Waals surface area contributed by atoms with Gasteiger partial charge in [0.05, 0.1) is 26.8 Å². The number of nitrogens with zero attached hydrogens (tertiary/aromatic N) is 4. The van der Waals surface area contributed by atoms with Gasteiger partial charge in [-0.05, 0) is 37.3 Å². The molecule has 0 bridgehead atoms. The number of benzene rings is 1. The molecule has 1 aliphatic carbocycles. The molecule has 1 aromatic heterocycles. The van der Waals surface area contributed by atoms with E-state index in [0.29, 0.717) is 42.0 Å². The number of aromatic nitrogens is 3. The summed E-state index contributed by atoms with van der Waals surface area (Å²) in [5.41, 5.74) is 0.469. The lowest BCUT2D eigenvalue weighted by Gasteiger charge is -2.36. The predicted octanol–water partition coefficient (Wildman–Crippen LogP) is 3.42. The van der Waals surface area contributed by atoms with Gasteiger partial charge in [-0.2, -0.15) is 5.10 Å². The van der Waals surface area contributed by atoms with Crippen LogP contribution in [0.4, 0.5) is 0 Å². The van der Waals surface area contributed by atoms with Gasteiger partial charge in [-0.3, -0.25) is 4.79 Å². The SMILES string of the molecule is COc1cccc(OC)c1C(=O)N1CCn2nc(C3CC3)nc2[C@@H]1CC(C)C. The maximum Gasteiger partial charge on any atom is 0.262 e. The van der Waals surface area contributed by atoms with Crippen molar-refractivity contribution in [1.29, 1.82) is 0 Å². The van der Waals surface area contributed by atoms with Gasteiger partial charge in [-0.1, -0.05) is 19.9 Å². The van der Waals surface area contributed by atoms with Crippen LogP contribution in [-0.2, 0) is 6.54 Å². The fourth-order valence-corrected chi connectivity index (χ4v) is 3.92. The molecule has 1 fully saturated rings. The molecule has 7 nitrogen and oxygen atoms in total. The standard InChI is InChI=1S/C21H28N4O3/c1-13(2)12-15-20-22-19(14-8-9-14)23-25(20)11-10-24(15)21(26)18-16(27-3)6-5-7-17(18)28-4/h5-7,13-15H,8-12H2,1-4H3/t15-/m0/s1. The highest BCUT2D eigenvalue weighted by Gasteiger charge is 2.38. The quantitative estimate of drug-likeness (QED) is 0.763. The minimum atomic E-state index is -0.101. The smallest absolute Gasteiger partial charge is 0.262 e. The van der Waals surface area contributed by atoms with Crippen LogP contribution in [0.3, 0.4) is 0 Å². The summed E-state index contributed by atoms with van der Waals surface area (Å²) in [6, 6.07) is 5.32. The van der Waals surface area contributed by atoms with Crippen LogP contribution in [0.15, 0.2) is 18.2 Å². The van der Waals surface area contributed by atoms with Gasteiger partial charge in [-0.15, -0.1) is 0 Å². The summed E-state index contributed by atoms with van der Waals surface area (Å²) in [5.74, 6) is 3.74. The lowest BCUT2D eigenvalue weighted by molar-refractivity contribution is 0.0572. The topological polar surface area (TPSA) is 69.5 Å². The molecule has 1 atom stereocenters. The monoisotopic (exact) mass is 384 g/mol. The van der Waals surface area contributed by atoms with Crippen molar-refractivity contribution in [3.05, 3.63) is 35.4 Å². The number of carbonyl (C=O) groups is 1. The van der Waals surface area contributed by atoms with E-state index in [9.17, 15) is 4.79 Å². The fraction of sp³-hybridized carbons (Fsp3) is 0.571. The van der Waals surface area contributed by atoms with Gasteiger partial charge in [-0.25, -0.2) is 9.67 Å². The largest absolute Gasteiger partial charge is 0.496 e. The Hall–Kier alpha value is -2.57. The van der Waals surface area contributed by atoms with Crippen LogP contribution in [0.5, 0.6) is 11.5 Å². The number of rotatable bonds is 6. The van der Waals surface area contributed by atoms with Crippen molar-refractivity contribution in [3.8, 4) is 11.5 Å². The third kappa shape index (κ3) is 3.34. The van der Waals surface area contributed by atoms with Gasteiger partial charge in [0, 0.05) is 12.5 Å². The number of hydrogen-bond acceptors (Lipinski definition) is 5. The first-order valence-corrected chi connectivity index (χ1v) is 10.00. The van der Waals surface area contributed by atoms with E-state index in [1.54, 1.807) is 26.4 Å². The average molecular weight is 384 g/mol. The second-order valence-electron chi connectivity index (χ2n) is 8.01. The number of ether oxygens (including phenoxy) is 2. The highest BCUT2D eigenvalue weighted by atomic mass is 16.5. The second-order valence-corrected chi connectivity index (χ2v) is 8.01. The van der Waals surface area contributed by atoms with Crippen LogP contribution in [-0.4, -0.2) is 46.3 Å². The molecule has 150 valence electrons. The summed E-state index contributed by atoms with van der Waals surface area (Å²) in [5, 5.41) is 4.72. The van der Waals surface area contributed by atoms with E-state index < -0.39 is 0 Å². The van der Waals surface area contributed by atoms with Crippen molar-refractivity contribution >= 4 is 5.91 Å². The van der Waals surface area contributed by atoms with E-state index in [-0.39, 0.29) is 11.9 Å². The molecule has 0 saturated heterocycles. The number of amides is 1. The molecule has 1 aliphatic heterocycles. The predicted molar refractivity (Wildman–Crippen MR) is 105 cm³/mol. The zero-order valence-corrected chi connectivity index (χ0v) is 17.0. The lowest BCUT2D eigenvalue weighted by Crippen LogP contribution is -2.43. The van der Waals surface area contributed by atoms with Crippen LogP contribution in [0.1, 0.15) is 67.1 Å². The first kappa shape index (κ1) is 18.8. The molecule has 0 N–H and O–H groups in total. The van der Waals surface area contributed by atoms with E-state index in [1.165, 1.54) is 12.8 Å². The first-order chi connectivity index (χ1) is 13.5. The minimum absolute atomic E-state index is 0.0813. The Morgan fingerprint density at radius 1 is 1.18 bits per heavy atom. The van der Waals surface area contributed by atoms with Gasteiger partial charge in [0.15, 0.2) is 5.82 Å². The van der Waals surface area contributed by atoms with E-state index in [0.717, 1.165) is 18.1 Å². The Morgan fingerprint density at radius 3 is 2.43 bits per heavy atom. The third-order valence-electron chi connectivity index (χ3n) is 5.48. The Balaban J connectivity index is 1.72. The van der Waals surface area contributed by atoms with Crippen LogP contribution < -0.4 is 9.47 Å². The van der Waals surface area contributed by atoms with Crippen molar-refractivity contribution < 1.29 is 14.3 Å². The summed E-state index contributed by atoms with van der Waals surface area (Å²) < 4.78 is 12.9. The minimum Gasteiger partial charge on any atom is -0.496 e. The van der Waals surface area contributed by atoms with Crippen molar-refractivity contribution in [2.45, 2.75) is 51.6 Å². The molecule has 2 aromatic rings. The average Bonchev–Trinajstić information content (AvgIpc) is 3.45. The molecule has 28 heavy (non-hydrogen) atoms. The summed E-state index contributed by atoms with van der Waals surface area (Å²) >= 11 is 0. The molecule has 2 heterocycles. The highest BCUT2D eigenvalue weighted by Crippen LogP contribution is 2.41. The Labute approximate surface area is 165 Å². The van der Waals surface area contributed by atoms with E-state index in [1.807, 2.05) is 15.6 Å². The van der Waals surface area contributed by atoms with Crippen molar-refractivity contribution in [3.63, 3.8) is 0 Å². The maximum atomic E-state index is 13.6. The van der Waals surface area contributed by atoms with Gasteiger partial charge in [0.25, 0.3) is 5.91 Å². The molecular formula is C21H28N4O3. The molecule has 0 unspecified atom stereocenters. The molecule has 0 spiro atoms. The van der Waals surface area contributed by atoms with Crippen LogP contribution >= 0.6 is 0 Å². The number of methoxy groups -OCH3 is 2. The molecule has 0 radical (unpaired) electrons. The molecule has 1 aromatic carbocycles. The Kier molecular flexibility index (Phi) is 5.00. The van der Waals surface area contributed by atoms with E-state index >= 15 is 0 Å². The molecule has 2 aliphatic rings. The van der Waals surface area contributed by atoms with Crippen molar-refractivity contribution in [1.82, 2.24) is 19.7 Å². The summed E-state index contributed by atoms with van der Waals surface area (Å²) in [4.78, 5) is 20.4. The Bertz CT molecular complexity index is 850. The fourth-order valence-electron chi connectivity index (χ4n) is 3.92. The molecule has 1 saturated carbocycles. The maximum absolute atomic E-state index is 13.6. The summed E-state index contributed by atoms with van der Waals surface area (Å²) in [7, 11) is 3.15.